The minimum Gasteiger partial charge on any atom is -0.793 e. The Kier molecular flexibility index (Phi) is 5.41. The van der Waals surface area contributed by atoms with Crippen LogP contribution in [0.15, 0.2) is 0 Å². The molecule has 0 amide bonds. The lowest BCUT2D eigenvalue weighted by molar-refractivity contribution is 0.822. The van der Waals surface area contributed by atoms with Crippen molar-refractivity contribution in [2.75, 3.05) is 5.75 Å². The zero-order valence-corrected chi connectivity index (χ0v) is 4.76. The summed E-state index contributed by atoms with van der Waals surface area (Å²) in [6.07, 6.45) is 3.40. The average Bonchev–Trinajstić information content (AvgIpc) is 1.61. The molecule has 0 nitrogen and oxygen atoms in total. The lowest BCUT2D eigenvalue weighted by atomic mass is 10.3. The molecule has 0 aliphatic heterocycles. The molecule has 0 aliphatic carbocycles. The summed E-state index contributed by atoms with van der Waals surface area (Å²) in [5, 5.41) is 0. The highest BCUT2D eigenvalue weighted by molar-refractivity contribution is 7.58. The maximum Gasteiger partial charge on any atom is 0.0850 e. The molecule has 0 aromatic rings. The first kappa shape index (κ1) is 6.22. The normalized spacial score (nSPS) is 8.83. The van der Waals surface area contributed by atoms with E-state index in [-0.39, 0.29) is 0 Å². The van der Waals surface area contributed by atoms with E-state index in [1.165, 1.54) is 12.8 Å². The molecule has 0 aliphatic rings. The van der Waals surface area contributed by atoms with Gasteiger partial charge in [0.05, 0.1) is 13.3 Å². The van der Waals surface area contributed by atoms with Gasteiger partial charge >= 0.3 is 0 Å². The summed E-state index contributed by atoms with van der Waals surface area (Å²) in [6, 6.07) is 0. The number of rotatable bonds is 3. The average molecular weight is 102 g/mol. The quantitative estimate of drug-likeness (QED) is 0.296. The van der Waals surface area contributed by atoms with Gasteiger partial charge in [-0.2, -0.15) is 5.75 Å². The summed E-state index contributed by atoms with van der Waals surface area (Å²) in [5.74, 6) is 0.898. The SMILES string of the molecule is [CH2+]CCCC[S-]. The first-order valence-electron chi connectivity index (χ1n) is 2.29. The third-order valence-electron chi connectivity index (χ3n) is 0.644. The van der Waals surface area contributed by atoms with Gasteiger partial charge in [-0.05, 0) is 6.42 Å². The highest BCUT2D eigenvalue weighted by Crippen LogP contribution is 1.89. The van der Waals surface area contributed by atoms with Gasteiger partial charge in [0.15, 0.2) is 0 Å². The van der Waals surface area contributed by atoms with Gasteiger partial charge in [0.2, 0.25) is 0 Å². The monoisotopic (exact) mass is 102 g/mol. The molecule has 0 aromatic carbocycles. The molecule has 36 valence electrons. The third-order valence-corrected chi connectivity index (χ3v) is 0.933. The van der Waals surface area contributed by atoms with Crippen molar-refractivity contribution < 1.29 is 0 Å². The van der Waals surface area contributed by atoms with Crippen molar-refractivity contribution in [1.29, 1.82) is 0 Å². The Morgan fingerprint density at radius 2 is 2.00 bits per heavy atom. The summed E-state index contributed by atoms with van der Waals surface area (Å²) in [4.78, 5) is 0. The second kappa shape index (κ2) is 5.22. The fourth-order valence-corrected chi connectivity index (χ4v) is 0.483. The Morgan fingerprint density at radius 3 is 2.17 bits per heavy atom. The van der Waals surface area contributed by atoms with Crippen LogP contribution in [-0.4, -0.2) is 5.75 Å². The summed E-state index contributed by atoms with van der Waals surface area (Å²) in [6.45, 7) is 3.68. The van der Waals surface area contributed by atoms with E-state index in [1.54, 1.807) is 0 Å². The fraction of sp³-hybridized carbons (Fsp3) is 0.800. The molecule has 0 radical (unpaired) electrons. The Hall–Kier alpha value is 0.220. The highest BCUT2D eigenvalue weighted by atomic mass is 32.1. The van der Waals surface area contributed by atoms with Gasteiger partial charge in [0, 0.05) is 0 Å². The minimum absolute atomic E-state index is 0.898. The standard InChI is InChI=1S/C5H10S/c1-2-3-4-5-6/h1-5H2. The number of hydrogen-bond acceptors (Lipinski definition) is 1. The van der Waals surface area contributed by atoms with Gasteiger partial charge in [-0.1, -0.05) is 6.42 Å². The second-order valence-electron chi connectivity index (χ2n) is 1.26. The number of hydrogen-bond donors (Lipinski definition) is 0. The third kappa shape index (κ3) is 4.22. The lowest BCUT2D eigenvalue weighted by Gasteiger charge is -1.95. The van der Waals surface area contributed by atoms with Crippen LogP contribution in [0.3, 0.4) is 0 Å². The lowest BCUT2D eigenvalue weighted by Crippen LogP contribution is -1.75. The minimum atomic E-state index is 0.898. The van der Waals surface area contributed by atoms with Gasteiger partial charge in [-0.15, -0.1) is 0 Å². The molecular weight excluding hydrogens is 92.1 g/mol. The molecular formula is C5H10S. The predicted octanol–water partition coefficient (Wildman–Crippen LogP) is 1.54. The van der Waals surface area contributed by atoms with Gasteiger partial charge in [-0.25, -0.2) is 0 Å². The van der Waals surface area contributed by atoms with E-state index in [0.717, 1.165) is 12.2 Å². The summed E-state index contributed by atoms with van der Waals surface area (Å²) < 4.78 is 0. The van der Waals surface area contributed by atoms with Crippen molar-refractivity contribution in [2.45, 2.75) is 19.3 Å². The van der Waals surface area contributed by atoms with Crippen LogP contribution >= 0.6 is 0 Å². The van der Waals surface area contributed by atoms with E-state index in [1.807, 2.05) is 0 Å². The molecule has 0 saturated heterocycles. The molecule has 0 atom stereocenters. The van der Waals surface area contributed by atoms with Crippen LogP contribution in [-0.2, 0) is 12.6 Å². The van der Waals surface area contributed by atoms with Crippen LogP contribution in [0, 0.1) is 6.92 Å². The van der Waals surface area contributed by atoms with Gasteiger partial charge < -0.3 is 12.6 Å². The van der Waals surface area contributed by atoms with E-state index in [4.69, 9.17) is 0 Å². The molecule has 0 N–H and O–H groups in total. The van der Waals surface area contributed by atoms with Crippen LogP contribution in [0.25, 0.3) is 0 Å². The van der Waals surface area contributed by atoms with E-state index in [9.17, 15) is 0 Å². The first-order valence-corrected chi connectivity index (χ1v) is 2.87. The van der Waals surface area contributed by atoms with Crippen molar-refractivity contribution in [3.63, 3.8) is 0 Å². The smallest absolute Gasteiger partial charge is 0.0850 e. The highest BCUT2D eigenvalue weighted by Gasteiger charge is 1.76. The van der Waals surface area contributed by atoms with Gasteiger partial charge in [-0.3, -0.25) is 0 Å². The molecule has 0 fully saturated rings. The fourth-order valence-electron chi connectivity index (χ4n) is 0.279. The summed E-state index contributed by atoms with van der Waals surface area (Å²) in [7, 11) is 0. The molecule has 1 heteroatoms. The van der Waals surface area contributed by atoms with Crippen molar-refractivity contribution in [1.82, 2.24) is 0 Å². The van der Waals surface area contributed by atoms with Crippen LogP contribution in [0.2, 0.25) is 0 Å². The zero-order chi connectivity index (χ0) is 4.83. The van der Waals surface area contributed by atoms with Crippen molar-refractivity contribution in [2.24, 2.45) is 0 Å². The molecule has 0 aromatic heterocycles. The van der Waals surface area contributed by atoms with Crippen LogP contribution < -0.4 is 0 Å². The van der Waals surface area contributed by atoms with Crippen LogP contribution in [0.4, 0.5) is 0 Å². The van der Waals surface area contributed by atoms with Crippen molar-refractivity contribution in [3.8, 4) is 0 Å². The molecule has 0 bridgehead atoms. The van der Waals surface area contributed by atoms with Crippen LogP contribution in [0.1, 0.15) is 19.3 Å². The largest absolute Gasteiger partial charge is 0.793 e. The molecule has 0 unspecified atom stereocenters. The Labute approximate surface area is 45.4 Å². The topological polar surface area (TPSA) is 0 Å². The summed E-state index contributed by atoms with van der Waals surface area (Å²) >= 11 is 4.69. The first-order chi connectivity index (χ1) is 2.91. The summed E-state index contributed by atoms with van der Waals surface area (Å²) in [5.41, 5.74) is 0. The molecule has 0 heterocycles. The maximum absolute atomic E-state index is 4.69. The molecule has 0 rings (SSSR count). The molecule has 6 heavy (non-hydrogen) atoms. The second-order valence-corrected chi connectivity index (χ2v) is 1.67. The Morgan fingerprint density at radius 1 is 1.33 bits per heavy atom. The molecule has 0 saturated carbocycles. The van der Waals surface area contributed by atoms with E-state index in [0.29, 0.717) is 0 Å². The van der Waals surface area contributed by atoms with E-state index < -0.39 is 0 Å². The van der Waals surface area contributed by atoms with E-state index >= 15 is 0 Å². The maximum atomic E-state index is 4.69. The predicted molar refractivity (Wildman–Crippen MR) is 31.4 cm³/mol. The molecule has 0 spiro atoms. The van der Waals surface area contributed by atoms with E-state index in [2.05, 4.69) is 19.6 Å². The van der Waals surface area contributed by atoms with Crippen molar-refractivity contribution in [3.05, 3.63) is 6.92 Å². The van der Waals surface area contributed by atoms with Gasteiger partial charge in [0.25, 0.3) is 0 Å². The number of unbranched alkanes of at least 4 members (excludes halogenated alkanes) is 2. The Balaban J connectivity index is 2.34. The van der Waals surface area contributed by atoms with Crippen LogP contribution in [0.5, 0.6) is 0 Å². The van der Waals surface area contributed by atoms with Gasteiger partial charge in [0.1, 0.15) is 0 Å². The zero-order valence-electron chi connectivity index (χ0n) is 3.94. The van der Waals surface area contributed by atoms with Crippen molar-refractivity contribution >= 4 is 12.6 Å². The Bertz CT molecular complexity index is 15.9.